The molecule has 0 aromatic rings. The van der Waals surface area contributed by atoms with Crippen LogP contribution in [0.3, 0.4) is 0 Å². The number of ether oxygens (including phenoxy) is 4. The first kappa shape index (κ1) is 44.3. The van der Waals surface area contributed by atoms with Crippen molar-refractivity contribution in [3.05, 3.63) is 0 Å². The Hall–Kier alpha value is -0.690. The third kappa shape index (κ3) is 31.1. The van der Waals surface area contributed by atoms with Crippen molar-refractivity contribution in [2.45, 2.75) is 206 Å². The van der Waals surface area contributed by atoms with Gasteiger partial charge in [-0.25, -0.2) is 0 Å². The molecule has 0 spiro atoms. The Labute approximate surface area is 293 Å². The molecule has 0 bridgehead atoms. The highest BCUT2D eigenvalue weighted by molar-refractivity contribution is 5.76. The summed E-state index contributed by atoms with van der Waals surface area (Å²) < 4.78 is 23.0. The van der Waals surface area contributed by atoms with Crippen LogP contribution < -0.4 is 0 Å². The van der Waals surface area contributed by atoms with Gasteiger partial charge in [0.2, 0.25) is 5.91 Å². The summed E-state index contributed by atoms with van der Waals surface area (Å²) in [7, 11) is 1.74. The van der Waals surface area contributed by atoms with Crippen molar-refractivity contribution in [1.29, 1.82) is 0 Å². The van der Waals surface area contributed by atoms with Gasteiger partial charge in [-0.2, -0.15) is 0 Å². The first-order chi connectivity index (χ1) is 23.2. The lowest BCUT2D eigenvalue weighted by Crippen LogP contribution is -2.41. The zero-order valence-corrected chi connectivity index (χ0v) is 31.9. The Morgan fingerprint density at radius 2 is 1.09 bits per heavy atom. The highest BCUT2D eigenvalue weighted by Gasteiger charge is 2.26. The molecule has 0 aliphatic carbocycles. The first-order valence-corrected chi connectivity index (χ1v) is 20.8. The average molecular weight is 668 g/mol. The van der Waals surface area contributed by atoms with Gasteiger partial charge in [0, 0.05) is 39.8 Å². The monoisotopic (exact) mass is 668 g/mol. The quantitative estimate of drug-likeness (QED) is 0.0482. The van der Waals surface area contributed by atoms with Gasteiger partial charge in [0.15, 0.2) is 0 Å². The number of epoxide rings is 1. The number of unbranched alkanes of at least 4 members (excludes halogenated alkanes) is 24. The molecule has 1 saturated heterocycles. The van der Waals surface area contributed by atoms with E-state index in [4.69, 9.17) is 18.9 Å². The molecule has 1 heterocycles. The molecule has 0 radical (unpaired) electrons. The molecule has 1 amide bonds. The van der Waals surface area contributed by atoms with Gasteiger partial charge in [0.05, 0.1) is 25.9 Å². The van der Waals surface area contributed by atoms with Crippen LogP contribution in [0.5, 0.6) is 0 Å². The number of methoxy groups -OCH3 is 1. The molecule has 6 nitrogen and oxygen atoms in total. The normalized spacial score (nSPS) is 14.9. The molecule has 47 heavy (non-hydrogen) atoms. The highest BCUT2D eigenvalue weighted by atomic mass is 16.6. The van der Waals surface area contributed by atoms with E-state index in [2.05, 4.69) is 13.8 Å². The molecule has 0 saturated carbocycles. The van der Waals surface area contributed by atoms with Crippen LogP contribution in [-0.4, -0.2) is 76.2 Å². The van der Waals surface area contributed by atoms with Crippen molar-refractivity contribution in [2.75, 3.05) is 53.2 Å². The highest BCUT2D eigenvalue weighted by Crippen LogP contribution is 2.16. The van der Waals surface area contributed by atoms with E-state index >= 15 is 0 Å². The molecular formula is C41H81NO5. The third-order valence-corrected chi connectivity index (χ3v) is 9.66. The fourth-order valence-corrected chi connectivity index (χ4v) is 6.39. The summed E-state index contributed by atoms with van der Waals surface area (Å²) in [5, 5.41) is 0. The van der Waals surface area contributed by atoms with Gasteiger partial charge < -0.3 is 23.8 Å². The van der Waals surface area contributed by atoms with E-state index in [0.717, 1.165) is 58.5 Å². The molecular weight excluding hydrogens is 586 g/mol. The number of carbonyl (C=O) groups is 1. The van der Waals surface area contributed by atoms with E-state index in [1.807, 2.05) is 4.90 Å². The Morgan fingerprint density at radius 1 is 0.638 bits per heavy atom. The summed E-state index contributed by atoms with van der Waals surface area (Å²) in [6.45, 7) is 9.37. The fourth-order valence-electron chi connectivity index (χ4n) is 6.39. The largest absolute Gasteiger partial charge is 0.385 e. The molecule has 0 aromatic carbocycles. The minimum Gasteiger partial charge on any atom is -0.385 e. The van der Waals surface area contributed by atoms with Crippen molar-refractivity contribution >= 4 is 5.91 Å². The van der Waals surface area contributed by atoms with Gasteiger partial charge in [0.25, 0.3) is 0 Å². The van der Waals surface area contributed by atoms with Crippen LogP contribution in [0.1, 0.15) is 194 Å². The van der Waals surface area contributed by atoms with Crippen molar-refractivity contribution in [3.8, 4) is 0 Å². The van der Waals surface area contributed by atoms with E-state index in [-0.39, 0.29) is 18.1 Å². The van der Waals surface area contributed by atoms with Crippen LogP contribution in [-0.2, 0) is 23.7 Å². The fraction of sp³-hybridized carbons (Fsp3) is 0.976. The number of nitrogens with zero attached hydrogens (tertiary/aromatic N) is 1. The maximum Gasteiger partial charge on any atom is 0.222 e. The Kier molecular flexibility index (Phi) is 33.2. The van der Waals surface area contributed by atoms with E-state index in [9.17, 15) is 4.79 Å². The third-order valence-electron chi connectivity index (χ3n) is 9.66. The predicted octanol–water partition coefficient (Wildman–Crippen LogP) is 11.2. The van der Waals surface area contributed by atoms with Crippen LogP contribution in [0.25, 0.3) is 0 Å². The van der Waals surface area contributed by atoms with Gasteiger partial charge in [-0.3, -0.25) is 4.79 Å². The number of hydrogen-bond donors (Lipinski definition) is 0. The summed E-state index contributed by atoms with van der Waals surface area (Å²) in [6.07, 6.45) is 36.0. The van der Waals surface area contributed by atoms with Gasteiger partial charge >= 0.3 is 0 Å². The van der Waals surface area contributed by atoms with Crippen LogP contribution in [0.4, 0.5) is 0 Å². The maximum absolute atomic E-state index is 13.4. The molecule has 0 N–H and O–H groups in total. The van der Waals surface area contributed by atoms with Crippen molar-refractivity contribution in [1.82, 2.24) is 4.90 Å². The second kappa shape index (κ2) is 35.1. The lowest BCUT2D eigenvalue weighted by Gasteiger charge is -2.28. The summed E-state index contributed by atoms with van der Waals surface area (Å²) in [4.78, 5) is 15.4. The molecule has 2 unspecified atom stereocenters. The van der Waals surface area contributed by atoms with Gasteiger partial charge in [-0.15, -0.1) is 0 Å². The SMILES string of the molecule is CCCCCCCCCCCCCCCCOCC(CN(CCCCOC)C(=O)CCCCCCCCCCCCC)OCC1CO1. The van der Waals surface area contributed by atoms with Crippen LogP contribution in [0.15, 0.2) is 0 Å². The number of amides is 1. The topological polar surface area (TPSA) is 60.5 Å². The molecule has 0 aromatic heterocycles. The lowest BCUT2D eigenvalue weighted by molar-refractivity contribution is -0.134. The van der Waals surface area contributed by atoms with Gasteiger partial charge in [-0.05, 0) is 25.7 Å². The molecule has 1 aliphatic heterocycles. The summed E-state index contributed by atoms with van der Waals surface area (Å²) >= 11 is 0. The number of rotatable bonds is 39. The Bertz CT molecular complexity index is 643. The smallest absolute Gasteiger partial charge is 0.222 e. The van der Waals surface area contributed by atoms with E-state index in [1.165, 1.54) is 141 Å². The molecule has 6 heteroatoms. The zero-order valence-electron chi connectivity index (χ0n) is 31.9. The standard InChI is InChI=1S/C41H81NO5/c1-4-6-8-10-12-14-16-17-18-20-22-24-26-29-34-45-36-39(46-37-40-38-47-40)35-42(32-28-30-33-44-3)41(43)31-27-25-23-21-19-15-13-11-9-7-5-2/h39-40H,4-38H2,1-3H3. The molecule has 1 fully saturated rings. The minimum atomic E-state index is -0.102. The van der Waals surface area contributed by atoms with Crippen molar-refractivity contribution in [2.24, 2.45) is 0 Å². The second-order valence-corrected chi connectivity index (χ2v) is 14.4. The maximum atomic E-state index is 13.4. The average Bonchev–Trinajstić information content (AvgIpc) is 3.91. The summed E-state index contributed by atoms with van der Waals surface area (Å²) in [6, 6.07) is 0. The molecule has 1 aliphatic rings. The zero-order chi connectivity index (χ0) is 33.9. The lowest BCUT2D eigenvalue weighted by atomic mass is 10.0. The van der Waals surface area contributed by atoms with Gasteiger partial charge in [0.1, 0.15) is 6.10 Å². The molecule has 280 valence electrons. The van der Waals surface area contributed by atoms with E-state index in [0.29, 0.717) is 26.2 Å². The Balaban J connectivity index is 2.25. The molecule has 2 atom stereocenters. The van der Waals surface area contributed by atoms with Crippen molar-refractivity contribution < 1.29 is 23.7 Å². The Morgan fingerprint density at radius 3 is 1.55 bits per heavy atom. The minimum absolute atomic E-state index is 0.102. The first-order valence-electron chi connectivity index (χ1n) is 20.8. The van der Waals surface area contributed by atoms with Gasteiger partial charge in [-0.1, -0.05) is 162 Å². The predicted molar refractivity (Wildman–Crippen MR) is 199 cm³/mol. The number of carbonyl (C=O) groups excluding carboxylic acids is 1. The molecule has 1 rings (SSSR count). The summed E-state index contributed by atoms with van der Waals surface area (Å²) in [5.41, 5.74) is 0. The van der Waals surface area contributed by atoms with Crippen molar-refractivity contribution in [3.63, 3.8) is 0 Å². The van der Waals surface area contributed by atoms with Crippen LogP contribution in [0.2, 0.25) is 0 Å². The van der Waals surface area contributed by atoms with Crippen LogP contribution in [0, 0.1) is 0 Å². The van der Waals surface area contributed by atoms with E-state index < -0.39 is 0 Å². The van der Waals surface area contributed by atoms with Crippen LogP contribution >= 0.6 is 0 Å². The second-order valence-electron chi connectivity index (χ2n) is 14.4. The summed E-state index contributed by atoms with van der Waals surface area (Å²) in [5.74, 6) is 0.265. The number of hydrogen-bond acceptors (Lipinski definition) is 5. The van der Waals surface area contributed by atoms with E-state index in [1.54, 1.807) is 7.11 Å².